The molecule has 1 saturated heterocycles. The maximum Gasteiger partial charge on any atom is 0.416 e. The molecule has 246 valence electrons. The third-order valence-electron chi connectivity index (χ3n) is 8.72. The van der Waals surface area contributed by atoms with E-state index in [2.05, 4.69) is 5.32 Å². The number of nitrogens with zero attached hydrogens (tertiary/aromatic N) is 2. The van der Waals surface area contributed by atoms with Crippen molar-refractivity contribution in [2.24, 2.45) is 11.8 Å². The smallest absolute Gasteiger partial charge is 0.416 e. The standard InChI is InChI=1S/C31H34F7N3O4/c1-17-11-22(32)5-8-24(17)26-16-41(27(42)19-3-6-23(7-4-19)39-29(44)45)10-9-25(26)28(43)40(2)15-18-12-20(30(33,34)35)14-21(13-18)31(36,37)38/h5,8,11-14,19,23,25-26,39H,3-4,6-7,9-10,15-16H2,1-2H3,(H,44,45). The highest BCUT2D eigenvalue weighted by Gasteiger charge is 2.41. The molecule has 2 atom stereocenters. The zero-order valence-corrected chi connectivity index (χ0v) is 24.6. The van der Waals surface area contributed by atoms with Crippen molar-refractivity contribution in [2.75, 3.05) is 20.1 Å². The van der Waals surface area contributed by atoms with Gasteiger partial charge in [0.05, 0.1) is 11.1 Å². The number of carboxylic acid groups (broad SMARTS) is 1. The number of amides is 3. The van der Waals surface area contributed by atoms with Gasteiger partial charge in [-0.2, -0.15) is 26.3 Å². The molecule has 4 rings (SSSR count). The van der Waals surface area contributed by atoms with Crippen LogP contribution in [-0.2, 0) is 28.5 Å². The van der Waals surface area contributed by atoms with Crippen LogP contribution < -0.4 is 5.32 Å². The van der Waals surface area contributed by atoms with Crippen LogP contribution in [0.15, 0.2) is 36.4 Å². The Morgan fingerprint density at radius 3 is 2.07 bits per heavy atom. The van der Waals surface area contributed by atoms with Crippen LogP contribution in [0.3, 0.4) is 0 Å². The van der Waals surface area contributed by atoms with E-state index in [0.29, 0.717) is 48.9 Å². The number of nitrogens with one attached hydrogen (secondary N) is 1. The van der Waals surface area contributed by atoms with Crippen LogP contribution in [0.5, 0.6) is 0 Å². The zero-order chi connectivity index (χ0) is 33.3. The van der Waals surface area contributed by atoms with E-state index >= 15 is 0 Å². The Hall–Kier alpha value is -3.84. The molecule has 2 aliphatic rings. The predicted molar refractivity (Wildman–Crippen MR) is 148 cm³/mol. The predicted octanol–water partition coefficient (Wildman–Crippen LogP) is 6.59. The summed E-state index contributed by atoms with van der Waals surface area (Å²) in [4.78, 5) is 41.0. The topological polar surface area (TPSA) is 90.0 Å². The van der Waals surface area contributed by atoms with Gasteiger partial charge in [0.15, 0.2) is 0 Å². The van der Waals surface area contributed by atoms with Gasteiger partial charge < -0.3 is 20.2 Å². The average Bonchev–Trinajstić information content (AvgIpc) is 2.95. The van der Waals surface area contributed by atoms with Gasteiger partial charge in [-0.3, -0.25) is 9.59 Å². The molecule has 2 aromatic rings. The molecule has 1 saturated carbocycles. The van der Waals surface area contributed by atoms with E-state index in [0.717, 1.165) is 4.90 Å². The Kier molecular flexibility index (Phi) is 10.0. The van der Waals surface area contributed by atoms with E-state index in [4.69, 9.17) is 5.11 Å². The Labute approximate surface area is 255 Å². The van der Waals surface area contributed by atoms with Crippen molar-refractivity contribution in [3.63, 3.8) is 0 Å². The molecule has 0 spiro atoms. The molecular formula is C31H34F7N3O4. The Bertz CT molecular complexity index is 1390. The lowest BCUT2D eigenvalue weighted by atomic mass is 9.77. The molecule has 0 radical (unpaired) electrons. The number of benzene rings is 2. The number of carbonyl (C=O) groups excluding carboxylic acids is 2. The number of piperidine rings is 1. The Morgan fingerprint density at radius 1 is 0.933 bits per heavy atom. The van der Waals surface area contributed by atoms with Crippen molar-refractivity contribution in [1.82, 2.24) is 15.1 Å². The summed E-state index contributed by atoms with van der Waals surface area (Å²) < 4.78 is 94.4. The quantitative estimate of drug-likeness (QED) is 0.347. The van der Waals surface area contributed by atoms with Gasteiger partial charge in [0.1, 0.15) is 5.82 Å². The summed E-state index contributed by atoms with van der Waals surface area (Å²) in [6, 6.07) is 5.00. The minimum absolute atomic E-state index is 0.0283. The molecule has 2 N–H and O–H groups in total. The Balaban J connectivity index is 1.56. The van der Waals surface area contributed by atoms with E-state index in [-0.39, 0.29) is 49.0 Å². The highest BCUT2D eigenvalue weighted by Crippen LogP contribution is 2.39. The fourth-order valence-electron chi connectivity index (χ4n) is 6.48. The van der Waals surface area contributed by atoms with Crippen molar-refractivity contribution >= 4 is 17.9 Å². The first kappa shape index (κ1) is 34.0. The maximum atomic E-state index is 14.0. The fourth-order valence-corrected chi connectivity index (χ4v) is 6.48. The van der Waals surface area contributed by atoms with Crippen molar-refractivity contribution in [3.8, 4) is 0 Å². The highest BCUT2D eigenvalue weighted by molar-refractivity contribution is 5.82. The first-order valence-corrected chi connectivity index (χ1v) is 14.5. The van der Waals surface area contributed by atoms with Gasteiger partial charge in [-0.1, -0.05) is 6.07 Å². The number of halogens is 7. The van der Waals surface area contributed by atoms with Crippen molar-refractivity contribution in [2.45, 2.75) is 69.9 Å². The zero-order valence-electron chi connectivity index (χ0n) is 24.6. The number of aryl methyl sites for hydroxylation is 1. The van der Waals surface area contributed by atoms with E-state index in [1.54, 1.807) is 11.8 Å². The first-order valence-electron chi connectivity index (χ1n) is 14.5. The van der Waals surface area contributed by atoms with E-state index in [1.165, 1.54) is 25.2 Å². The third kappa shape index (κ3) is 8.26. The molecule has 2 aromatic carbocycles. The number of hydrogen-bond acceptors (Lipinski definition) is 3. The molecule has 1 aliphatic carbocycles. The van der Waals surface area contributed by atoms with Gasteiger partial charge in [0.25, 0.3) is 0 Å². The van der Waals surface area contributed by atoms with Gasteiger partial charge in [-0.05, 0) is 86.1 Å². The first-order chi connectivity index (χ1) is 20.9. The van der Waals surface area contributed by atoms with Gasteiger partial charge in [0, 0.05) is 50.5 Å². The second kappa shape index (κ2) is 13.3. The highest BCUT2D eigenvalue weighted by atomic mass is 19.4. The van der Waals surface area contributed by atoms with Gasteiger partial charge in [-0.25, -0.2) is 9.18 Å². The minimum atomic E-state index is -5.03. The van der Waals surface area contributed by atoms with Crippen LogP contribution >= 0.6 is 0 Å². The van der Waals surface area contributed by atoms with Crippen LogP contribution in [0.2, 0.25) is 0 Å². The van der Waals surface area contributed by atoms with E-state index in [1.807, 2.05) is 0 Å². The lowest BCUT2D eigenvalue weighted by Gasteiger charge is -2.42. The van der Waals surface area contributed by atoms with Crippen molar-refractivity contribution in [1.29, 1.82) is 0 Å². The lowest BCUT2D eigenvalue weighted by Crippen LogP contribution is -2.50. The minimum Gasteiger partial charge on any atom is -0.465 e. The summed E-state index contributed by atoms with van der Waals surface area (Å²) in [6.45, 7) is 1.43. The molecular weight excluding hydrogens is 611 g/mol. The second-order valence-corrected chi connectivity index (χ2v) is 11.9. The van der Waals surface area contributed by atoms with Gasteiger partial charge in [0.2, 0.25) is 11.8 Å². The molecule has 1 aliphatic heterocycles. The monoisotopic (exact) mass is 645 g/mol. The van der Waals surface area contributed by atoms with Gasteiger partial charge in [-0.15, -0.1) is 0 Å². The molecule has 2 fully saturated rings. The summed E-state index contributed by atoms with van der Waals surface area (Å²) in [7, 11) is 1.30. The maximum absolute atomic E-state index is 14.0. The number of carbonyl (C=O) groups is 3. The SMILES string of the molecule is Cc1cc(F)ccc1C1CN(C(=O)C2CCC(NC(=O)O)CC2)CCC1C(=O)N(C)Cc1cc(C(F)(F)F)cc(C(F)(F)F)c1. The van der Waals surface area contributed by atoms with Crippen LogP contribution in [0.1, 0.15) is 65.8 Å². The number of likely N-dealkylation sites (tertiary alicyclic amines) is 1. The van der Waals surface area contributed by atoms with Crippen LogP contribution in [0.4, 0.5) is 35.5 Å². The number of alkyl halides is 6. The third-order valence-corrected chi connectivity index (χ3v) is 8.72. The van der Waals surface area contributed by atoms with Crippen LogP contribution in [0.25, 0.3) is 0 Å². The second-order valence-electron chi connectivity index (χ2n) is 11.9. The average molecular weight is 646 g/mol. The summed E-state index contributed by atoms with van der Waals surface area (Å²) >= 11 is 0. The van der Waals surface area contributed by atoms with E-state index < -0.39 is 59.7 Å². The number of hydrogen-bond donors (Lipinski definition) is 2. The van der Waals surface area contributed by atoms with Crippen molar-refractivity contribution < 1.29 is 50.2 Å². The van der Waals surface area contributed by atoms with Crippen molar-refractivity contribution in [3.05, 3.63) is 70.0 Å². The molecule has 0 bridgehead atoms. The normalized spacial score (nSPS) is 22.6. The Morgan fingerprint density at radius 2 is 1.53 bits per heavy atom. The largest absolute Gasteiger partial charge is 0.465 e. The fraction of sp³-hybridized carbons (Fsp3) is 0.516. The van der Waals surface area contributed by atoms with Crippen LogP contribution in [0, 0.1) is 24.6 Å². The summed E-state index contributed by atoms with van der Waals surface area (Å²) in [5, 5.41) is 11.4. The molecule has 14 heteroatoms. The van der Waals surface area contributed by atoms with Gasteiger partial charge >= 0.3 is 18.4 Å². The molecule has 1 heterocycles. The molecule has 0 aromatic heterocycles. The van der Waals surface area contributed by atoms with E-state index in [9.17, 15) is 45.1 Å². The molecule has 2 unspecified atom stereocenters. The molecule has 3 amide bonds. The molecule has 7 nitrogen and oxygen atoms in total. The summed E-state index contributed by atoms with van der Waals surface area (Å²) in [5.74, 6) is -2.91. The summed E-state index contributed by atoms with van der Waals surface area (Å²) in [6.07, 6.45) is -9.09. The number of rotatable bonds is 6. The van der Waals surface area contributed by atoms with Crippen LogP contribution in [-0.4, -0.2) is 59.0 Å². The lowest BCUT2D eigenvalue weighted by molar-refractivity contribution is -0.144. The summed E-state index contributed by atoms with van der Waals surface area (Å²) in [5.41, 5.74) is -2.17. The molecule has 45 heavy (non-hydrogen) atoms.